The minimum Gasteiger partial charge on any atom is -0.406 e. The van der Waals surface area contributed by atoms with Gasteiger partial charge < -0.3 is 20.1 Å². The van der Waals surface area contributed by atoms with Crippen molar-refractivity contribution in [3.05, 3.63) is 53.9 Å². The molecule has 194 valence electrons. The van der Waals surface area contributed by atoms with Crippen molar-refractivity contribution in [2.45, 2.75) is 25.7 Å². The number of H-pyrrole nitrogens is 1. The Balaban J connectivity index is 1.13. The van der Waals surface area contributed by atoms with Crippen LogP contribution in [-0.4, -0.2) is 52.4 Å². The van der Waals surface area contributed by atoms with E-state index in [4.69, 9.17) is 10.00 Å². The lowest BCUT2D eigenvalue weighted by molar-refractivity contribution is -0.274. The van der Waals surface area contributed by atoms with Gasteiger partial charge in [-0.25, -0.2) is 0 Å². The number of anilines is 1. The number of nitrogens with zero attached hydrogens (tertiary/aromatic N) is 4. The van der Waals surface area contributed by atoms with Crippen molar-refractivity contribution in [1.82, 2.24) is 25.1 Å². The van der Waals surface area contributed by atoms with Crippen molar-refractivity contribution in [1.29, 1.82) is 5.26 Å². The zero-order chi connectivity index (χ0) is 26.1. The second-order valence-corrected chi connectivity index (χ2v) is 8.87. The molecule has 0 bridgehead atoms. The molecule has 0 saturated heterocycles. The van der Waals surface area contributed by atoms with Gasteiger partial charge in [0, 0.05) is 30.8 Å². The van der Waals surface area contributed by atoms with Crippen molar-refractivity contribution >= 4 is 28.1 Å². The van der Waals surface area contributed by atoms with Crippen LogP contribution < -0.4 is 15.4 Å². The lowest BCUT2D eigenvalue weighted by Gasteiger charge is -2.12. The number of halogens is 3. The number of aromatic amines is 1. The summed E-state index contributed by atoms with van der Waals surface area (Å²) in [5.41, 5.74) is 3.53. The van der Waals surface area contributed by atoms with Crippen LogP contribution in [0.5, 0.6) is 5.75 Å². The quantitative estimate of drug-likeness (QED) is 0.210. The predicted molar refractivity (Wildman–Crippen MR) is 133 cm³/mol. The molecule has 0 amide bonds. The first-order valence-electron chi connectivity index (χ1n) is 11.5. The molecule has 0 aliphatic heterocycles. The Labute approximate surface area is 214 Å². The largest absolute Gasteiger partial charge is 0.573 e. The number of aromatic nitrogens is 4. The van der Waals surface area contributed by atoms with E-state index in [1.807, 2.05) is 18.2 Å². The van der Waals surface area contributed by atoms with Crippen molar-refractivity contribution in [3.8, 4) is 22.3 Å². The summed E-state index contributed by atoms with van der Waals surface area (Å²) in [6.07, 6.45) is 0.364. The molecule has 0 unspecified atom stereocenters. The van der Waals surface area contributed by atoms with E-state index in [0.717, 1.165) is 45.9 Å². The van der Waals surface area contributed by atoms with Crippen LogP contribution in [0.15, 0.2) is 42.7 Å². The summed E-state index contributed by atoms with van der Waals surface area (Å²) in [7, 11) is 0. The second kappa shape index (κ2) is 12.5. The second-order valence-electron chi connectivity index (χ2n) is 8.09. The summed E-state index contributed by atoms with van der Waals surface area (Å²) >= 11 is 1.33. The highest BCUT2D eigenvalue weighted by atomic mass is 32.1. The Morgan fingerprint density at radius 1 is 1.05 bits per heavy atom. The van der Waals surface area contributed by atoms with E-state index in [2.05, 4.69) is 35.2 Å². The van der Waals surface area contributed by atoms with E-state index in [-0.39, 0.29) is 5.56 Å². The number of nitrogens with one attached hydrogen (secondary N) is 3. The van der Waals surface area contributed by atoms with E-state index in [1.54, 1.807) is 12.4 Å². The molecule has 3 N–H and O–H groups in total. The Hall–Kier alpha value is -3.73. The molecule has 13 heteroatoms. The molecule has 9 nitrogen and oxygen atoms in total. The van der Waals surface area contributed by atoms with Gasteiger partial charge in [0.1, 0.15) is 5.75 Å². The highest BCUT2D eigenvalue weighted by Crippen LogP contribution is 2.31. The lowest BCUT2D eigenvalue weighted by Crippen LogP contribution is -2.18. The lowest BCUT2D eigenvalue weighted by atomic mass is 10.1. The number of benzene rings is 2. The maximum absolute atomic E-state index is 12.5. The number of alkyl halides is 3. The molecule has 37 heavy (non-hydrogen) atoms. The fourth-order valence-corrected chi connectivity index (χ4v) is 4.20. The van der Waals surface area contributed by atoms with Gasteiger partial charge in [0.2, 0.25) is 0 Å². The fourth-order valence-electron chi connectivity index (χ4n) is 3.70. The number of unbranched alkanes of at least 4 members (excludes halogenated alkanes) is 1. The number of fused-ring (bicyclic) bond motifs is 1. The standard InChI is InChI=1S/C24H24F3N7O2S/c25-24(26,27)36-19-8-16(12-28)7-17(9-19)13-29-3-1-2-5-35-6-4-30-21-10-18(23-15-32-34-37-23)11-22-20(21)14-31-33-22/h7-11,14-15,29-30H,1-6,13H2,(H,31,33). The molecule has 0 fully saturated rings. The van der Waals surface area contributed by atoms with Gasteiger partial charge in [0.25, 0.3) is 0 Å². The summed E-state index contributed by atoms with van der Waals surface area (Å²) in [6, 6.07) is 9.79. The number of hydrogen-bond donors (Lipinski definition) is 3. The Bertz CT molecular complexity index is 1340. The summed E-state index contributed by atoms with van der Waals surface area (Å²) in [4.78, 5) is 0.970. The molecule has 2 aromatic carbocycles. The van der Waals surface area contributed by atoms with Crippen LogP contribution in [-0.2, 0) is 11.3 Å². The zero-order valence-electron chi connectivity index (χ0n) is 19.6. The molecule has 0 aliphatic carbocycles. The molecular formula is C24H24F3N7O2S. The summed E-state index contributed by atoms with van der Waals surface area (Å²) < 4.78 is 51.0. The summed E-state index contributed by atoms with van der Waals surface area (Å²) in [5.74, 6) is -0.397. The van der Waals surface area contributed by atoms with Crippen molar-refractivity contribution in [2.75, 3.05) is 31.6 Å². The van der Waals surface area contributed by atoms with Gasteiger partial charge in [-0.15, -0.1) is 18.3 Å². The molecule has 4 rings (SSSR count). The molecule has 0 spiro atoms. The number of nitriles is 1. The molecular weight excluding hydrogens is 507 g/mol. The van der Waals surface area contributed by atoms with Gasteiger partial charge >= 0.3 is 6.36 Å². The SMILES string of the molecule is N#Cc1cc(CNCCCCOCCNc2cc(-c3cnns3)cc3[nH]ncc23)cc(OC(F)(F)F)c1. The van der Waals surface area contributed by atoms with E-state index >= 15 is 0 Å². The number of ether oxygens (including phenoxy) is 2. The highest BCUT2D eigenvalue weighted by molar-refractivity contribution is 7.09. The van der Waals surface area contributed by atoms with Crippen LogP contribution in [0.3, 0.4) is 0 Å². The summed E-state index contributed by atoms with van der Waals surface area (Å²) in [6.45, 7) is 2.73. The molecule has 0 aliphatic rings. The smallest absolute Gasteiger partial charge is 0.406 e. The molecule has 2 aromatic heterocycles. The molecule has 0 saturated carbocycles. The maximum atomic E-state index is 12.5. The van der Waals surface area contributed by atoms with Crippen molar-refractivity contribution < 1.29 is 22.6 Å². The maximum Gasteiger partial charge on any atom is 0.573 e. The average Bonchev–Trinajstić information content (AvgIpc) is 3.56. The van der Waals surface area contributed by atoms with Gasteiger partial charge in [-0.1, -0.05) is 4.49 Å². The van der Waals surface area contributed by atoms with Crippen LogP contribution in [0.2, 0.25) is 0 Å². The van der Waals surface area contributed by atoms with Gasteiger partial charge in [-0.05, 0) is 72.4 Å². The predicted octanol–water partition coefficient (Wildman–Crippen LogP) is 4.85. The van der Waals surface area contributed by atoms with E-state index in [1.165, 1.54) is 23.7 Å². The van der Waals surface area contributed by atoms with Crippen LogP contribution >= 0.6 is 11.5 Å². The fraction of sp³-hybridized carbons (Fsp3) is 0.333. The topological polar surface area (TPSA) is 121 Å². The Kier molecular flexibility index (Phi) is 8.89. The van der Waals surface area contributed by atoms with Gasteiger partial charge in [0.15, 0.2) is 0 Å². The normalized spacial score (nSPS) is 11.5. The van der Waals surface area contributed by atoms with Crippen LogP contribution in [0.4, 0.5) is 18.9 Å². The third-order valence-electron chi connectivity index (χ3n) is 5.32. The summed E-state index contributed by atoms with van der Waals surface area (Å²) in [5, 5.41) is 27.6. The van der Waals surface area contributed by atoms with Crippen LogP contribution in [0, 0.1) is 11.3 Å². The highest BCUT2D eigenvalue weighted by Gasteiger charge is 2.31. The average molecular weight is 532 g/mol. The minimum absolute atomic E-state index is 0.112. The number of hydrogen-bond acceptors (Lipinski definition) is 9. The van der Waals surface area contributed by atoms with Crippen molar-refractivity contribution in [2.24, 2.45) is 0 Å². The monoisotopic (exact) mass is 531 g/mol. The first kappa shape index (κ1) is 26.3. The zero-order valence-corrected chi connectivity index (χ0v) is 20.5. The van der Waals surface area contributed by atoms with E-state index in [0.29, 0.717) is 38.4 Å². The third kappa shape index (κ3) is 7.88. The van der Waals surface area contributed by atoms with Gasteiger partial charge in [-0.2, -0.15) is 10.4 Å². The van der Waals surface area contributed by atoms with E-state index < -0.39 is 12.1 Å². The van der Waals surface area contributed by atoms with Crippen LogP contribution in [0.1, 0.15) is 24.0 Å². The molecule has 0 atom stereocenters. The van der Waals surface area contributed by atoms with Crippen LogP contribution in [0.25, 0.3) is 21.3 Å². The Morgan fingerprint density at radius 2 is 1.95 bits per heavy atom. The van der Waals surface area contributed by atoms with Gasteiger partial charge in [-0.3, -0.25) is 5.10 Å². The van der Waals surface area contributed by atoms with E-state index in [9.17, 15) is 13.2 Å². The van der Waals surface area contributed by atoms with Crippen molar-refractivity contribution in [3.63, 3.8) is 0 Å². The van der Waals surface area contributed by atoms with Gasteiger partial charge in [0.05, 0.1) is 41.0 Å². The molecule has 2 heterocycles. The number of rotatable bonds is 13. The Morgan fingerprint density at radius 3 is 2.73 bits per heavy atom. The third-order valence-corrected chi connectivity index (χ3v) is 6.03. The first-order valence-corrected chi connectivity index (χ1v) is 12.3. The minimum atomic E-state index is -4.80. The molecule has 4 aromatic rings. The molecule has 0 radical (unpaired) electrons. The first-order chi connectivity index (χ1) is 17.9.